The normalized spacial score (nSPS) is 16.9. The molecule has 0 spiro atoms. The second-order valence-corrected chi connectivity index (χ2v) is 9.10. The molecule has 56 valence electrons. The summed E-state index contributed by atoms with van der Waals surface area (Å²) in [6, 6.07) is 2.14. The van der Waals surface area contributed by atoms with Crippen LogP contribution in [0.2, 0.25) is 38.3 Å². The minimum absolute atomic E-state index is 1.07. The summed E-state index contributed by atoms with van der Waals surface area (Å²) in [5, 5.41) is 0. The molecule has 0 rings (SSSR count). The van der Waals surface area contributed by atoms with Gasteiger partial charge in [0.2, 0.25) is 0 Å². The Morgan fingerprint density at radius 3 is 1.56 bits per heavy atom. The molecule has 0 amide bonds. The first-order valence-corrected chi connectivity index (χ1v) is 9.12. The van der Waals surface area contributed by atoms with Crippen LogP contribution in [0.1, 0.15) is 6.42 Å². The molecule has 2 heteroatoms. The van der Waals surface area contributed by atoms with Crippen molar-refractivity contribution in [2.75, 3.05) is 0 Å². The summed E-state index contributed by atoms with van der Waals surface area (Å²) in [4.78, 5) is 0. The van der Waals surface area contributed by atoms with Crippen molar-refractivity contribution in [1.29, 1.82) is 2.47 Å². The van der Waals surface area contributed by atoms with Crippen LogP contribution < -0.4 is 0 Å². The lowest BCUT2D eigenvalue weighted by Gasteiger charge is -2.03. The van der Waals surface area contributed by atoms with Crippen molar-refractivity contribution in [3.63, 3.8) is 0 Å². The van der Waals surface area contributed by atoms with E-state index in [4.69, 9.17) is 2.47 Å². The van der Waals surface area contributed by atoms with E-state index in [2.05, 4.69) is 26.2 Å². The molecule has 0 radical (unpaired) electrons. The van der Waals surface area contributed by atoms with E-state index >= 15 is 0 Å². The van der Waals surface area contributed by atoms with Gasteiger partial charge in [-0.3, -0.25) is 0 Å². The molecule has 0 aliphatic carbocycles. The smallest absolute Gasteiger partial charge is 0.0305 e. The van der Waals surface area contributed by atoms with Crippen LogP contribution in [-0.4, -0.2) is 19.9 Å². The summed E-state index contributed by atoms with van der Waals surface area (Å²) in [6.07, 6.45) is 1.12. The molecule has 0 aromatic carbocycles. The van der Waals surface area contributed by atoms with Gasteiger partial charge in [-0.25, -0.2) is 0 Å². The van der Waals surface area contributed by atoms with Crippen LogP contribution in [0.15, 0.2) is 0 Å². The van der Waals surface area contributed by atoms with Crippen LogP contribution in [0, 0.1) is 0 Å². The highest BCUT2D eigenvalue weighted by Gasteiger charge is 1.97. The number of hydrogen-bond acceptors (Lipinski definition) is 0. The van der Waals surface area contributed by atoms with Crippen LogP contribution in [0.5, 0.6) is 0 Å². The summed E-state index contributed by atoms with van der Waals surface area (Å²) in [5.41, 5.74) is 0. The third-order valence-electron chi connectivity index (χ3n) is 1.35. The average molecular weight is 162 g/mol. The molecule has 0 nitrogen and oxygen atoms in total. The standard InChI is InChI=1S/C7H20Si2/c1-8(2)6-5-7-9(3)4/h8-9H,5-7H2,1-4H3/i8D,9D. The van der Waals surface area contributed by atoms with Crippen LogP contribution in [0.3, 0.4) is 0 Å². The van der Waals surface area contributed by atoms with Crippen molar-refractivity contribution < 1.29 is 0 Å². The van der Waals surface area contributed by atoms with Gasteiger partial charge in [-0.2, -0.15) is 0 Å². The highest BCUT2D eigenvalue weighted by Crippen LogP contribution is 2.04. The zero-order chi connectivity index (χ0) is 9.12. The van der Waals surface area contributed by atoms with Gasteiger partial charge in [0, 0.05) is 19.9 Å². The van der Waals surface area contributed by atoms with E-state index < -0.39 is 17.5 Å². The van der Waals surface area contributed by atoms with Gasteiger partial charge in [0.25, 0.3) is 0 Å². The Balaban J connectivity index is 3.44. The molecule has 0 saturated carbocycles. The molecule has 0 atom stereocenters. The van der Waals surface area contributed by atoms with Gasteiger partial charge < -0.3 is 0 Å². The lowest BCUT2D eigenvalue weighted by atomic mass is 10.6. The maximum absolute atomic E-state index is 7.73. The van der Waals surface area contributed by atoms with E-state index in [1.54, 1.807) is 0 Å². The zero-order valence-corrected chi connectivity index (χ0v) is 9.12. The summed E-state index contributed by atoms with van der Waals surface area (Å²) < 4.78 is 15.5. The third-order valence-corrected chi connectivity index (χ3v) is 4.06. The Bertz CT molecular complexity index is 98.6. The van der Waals surface area contributed by atoms with Crippen LogP contribution >= 0.6 is 0 Å². The quantitative estimate of drug-likeness (QED) is 0.557. The fourth-order valence-electron chi connectivity index (χ4n) is 0.795. The van der Waals surface area contributed by atoms with Crippen LogP contribution in [-0.2, 0) is 0 Å². The zero-order valence-electron chi connectivity index (χ0n) is 9.12. The number of hydrogen-bond donors (Lipinski definition) is 0. The van der Waals surface area contributed by atoms with Crippen molar-refractivity contribution in [2.24, 2.45) is 0 Å². The summed E-state index contributed by atoms with van der Waals surface area (Å²) in [7, 11) is -3.14. The van der Waals surface area contributed by atoms with Crippen molar-refractivity contribution in [3.05, 3.63) is 0 Å². The first-order valence-electron chi connectivity index (χ1n) is 4.71. The predicted octanol–water partition coefficient (Wildman–Crippen LogP) is 2.35. The molecule has 9 heavy (non-hydrogen) atoms. The van der Waals surface area contributed by atoms with Gasteiger partial charge in [-0.15, -0.1) is 0 Å². The van der Waals surface area contributed by atoms with E-state index in [1.165, 1.54) is 0 Å². The average Bonchev–Trinajstić information content (AvgIpc) is 1.55. The fraction of sp³-hybridized carbons (Fsp3) is 1.00. The topological polar surface area (TPSA) is 0 Å². The van der Waals surface area contributed by atoms with E-state index in [1.807, 2.05) is 0 Å². The van der Waals surface area contributed by atoms with Crippen molar-refractivity contribution in [1.82, 2.24) is 0 Å². The molecule has 0 aliphatic heterocycles. The minimum Gasteiger partial charge on any atom is -0.0722 e. The Morgan fingerprint density at radius 1 is 1.00 bits per heavy atom. The van der Waals surface area contributed by atoms with Gasteiger partial charge in [-0.1, -0.05) is 44.7 Å². The van der Waals surface area contributed by atoms with Gasteiger partial charge in [0.05, 0.1) is 0 Å². The lowest BCUT2D eigenvalue weighted by molar-refractivity contribution is 1.04. The third kappa shape index (κ3) is 8.43. The molecular formula is C7H20Si2. The fourth-order valence-corrected chi connectivity index (χ4v) is 2.92. The number of rotatable bonds is 4. The SMILES string of the molecule is [2H][Si](C)(C)CCC[Si]([2H])(C)C. The van der Waals surface area contributed by atoms with Gasteiger partial charge in [-0.05, 0) is 0 Å². The molecule has 0 unspecified atom stereocenters. The highest BCUT2D eigenvalue weighted by atomic mass is 28.3. The molecule has 0 bridgehead atoms. The molecule has 0 aromatic rings. The first-order chi connectivity index (χ1) is 4.71. The van der Waals surface area contributed by atoms with E-state index in [0.717, 1.165) is 18.5 Å². The summed E-state index contributed by atoms with van der Waals surface area (Å²) >= 11 is 0. The molecule has 0 saturated heterocycles. The van der Waals surface area contributed by atoms with Crippen LogP contribution in [0.25, 0.3) is 0 Å². The van der Waals surface area contributed by atoms with E-state index in [9.17, 15) is 0 Å². The van der Waals surface area contributed by atoms with Gasteiger partial charge >= 0.3 is 0 Å². The van der Waals surface area contributed by atoms with Gasteiger partial charge in [0.1, 0.15) is 0 Å². The molecule has 0 fully saturated rings. The Morgan fingerprint density at radius 2 is 1.33 bits per heavy atom. The van der Waals surface area contributed by atoms with Crippen molar-refractivity contribution in [2.45, 2.75) is 44.7 Å². The molecule has 0 heterocycles. The summed E-state index contributed by atoms with van der Waals surface area (Å²) in [6.45, 7) is 8.30. The molecule has 0 aliphatic rings. The monoisotopic (exact) mass is 162 g/mol. The lowest BCUT2D eigenvalue weighted by Crippen LogP contribution is -2.03. The summed E-state index contributed by atoms with van der Waals surface area (Å²) in [5.74, 6) is 0. The Hall–Kier alpha value is 0.434. The van der Waals surface area contributed by atoms with Crippen molar-refractivity contribution >= 4 is 17.5 Å². The predicted molar refractivity (Wildman–Crippen MR) is 52.0 cm³/mol. The van der Waals surface area contributed by atoms with Gasteiger partial charge in [0.15, 0.2) is 0 Å². The second kappa shape index (κ2) is 5.24. The largest absolute Gasteiger partial charge is 0.0722 e. The van der Waals surface area contributed by atoms with Crippen molar-refractivity contribution in [3.8, 4) is 0 Å². The second-order valence-electron chi connectivity index (χ2n) is 3.27. The molecule has 0 N–H and O–H groups in total. The molecule has 0 aromatic heterocycles. The Labute approximate surface area is 65.3 Å². The van der Waals surface area contributed by atoms with E-state index in [-0.39, 0.29) is 0 Å². The highest BCUT2D eigenvalue weighted by molar-refractivity contribution is 6.57. The first kappa shape index (κ1) is 6.16. The maximum Gasteiger partial charge on any atom is 0.0305 e. The maximum atomic E-state index is 7.73. The molecular weight excluding hydrogens is 140 g/mol. The van der Waals surface area contributed by atoms with E-state index in [0.29, 0.717) is 0 Å². The Kier molecular flexibility index (Phi) is 3.59. The minimum atomic E-state index is -1.57. The van der Waals surface area contributed by atoms with Crippen LogP contribution in [0.4, 0.5) is 0 Å².